The Morgan fingerprint density at radius 2 is 1.83 bits per heavy atom. The van der Waals surface area contributed by atoms with Crippen molar-refractivity contribution in [3.63, 3.8) is 0 Å². The highest BCUT2D eigenvalue weighted by Crippen LogP contribution is 2.31. The lowest BCUT2D eigenvalue weighted by Crippen LogP contribution is -2.28. The van der Waals surface area contributed by atoms with Gasteiger partial charge < -0.3 is 25.7 Å². The summed E-state index contributed by atoms with van der Waals surface area (Å²) < 4.78 is 7.44. The van der Waals surface area contributed by atoms with Crippen molar-refractivity contribution in [1.29, 1.82) is 0 Å². The Kier molecular flexibility index (Phi) is 7.85. The summed E-state index contributed by atoms with van der Waals surface area (Å²) in [6.45, 7) is 12.7. The fraction of sp³-hybridized carbons (Fsp3) is 0.321. The van der Waals surface area contributed by atoms with Gasteiger partial charge in [0, 0.05) is 37.5 Å². The smallest absolute Gasteiger partial charge is 0.407 e. The van der Waals surface area contributed by atoms with Gasteiger partial charge in [0.05, 0.1) is 11.0 Å². The van der Waals surface area contributed by atoms with Crippen LogP contribution < -0.4 is 16.4 Å². The zero-order valence-electron chi connectivity index (χ0n) is 21.2. The largest absolute Gasteiger partial charge is 0.448 e. The number of nitrogens with one attached hydrogen (secondary N) is 2. The number of rotatable bonds is 10. The van der Waals surface area contributed by atoms with Crippen molar-refractivity contribution in [3.05, 3.63) is 77.6 Å². The zero-order chi connectivity index (χ0) is 25.7. The fourth-order valence-electron chi connectivity index (χ4n) is 4.16. The second-order valence-electron chi connectivity index (χ2n) is 9.36. The molecule has 4 aromatic rings. The van der Waals surface area contributed by atoms with Crippen LogP contribution in [0.5, 0.6) is 0 Å². The molecule has 0 saturated heterocycles. The van der Waals surface area contributed by atoms with Gasteiger partial charge in [0.25, 0.3) is 0 Å². The van der Waals surface area contributed by atoms with Crippen LogP contribution in [-0.4, -0.2) is 40.3 Å². The third kappa shape index (κ3) is 5.83. The Balaban J connectivity index is 1.45. The quantitative estimate of drug-likeness (QED) is 0.221. The van der Waals surface area contributed by atoms with Gasteiger partial charge >= 0.3 is 6.09 Å². The molecule has 0 aliphatic carbocycles. The number of carbonyl (C=O) groups is 1. The Morgan fingerprint density at radius 1 is 1.11 bits per heavy atom. The fourth-order valence-corrected chi connectivity index (χ4v) is 4.16. The first-order chi connectivity index (χ1) is 17.3. The molecule has 0 fully saturated rings. The van der Waals surface area contributed by atoms with Gasteiger partial charge in [-0.3, -0.25) is 0 Å². The summed E-state index contributed by atoms with van der Waals surface area (Å²) >= 11 is 0. The minimum atomic E-state index is -0.430. The van der Waals surface area contributed by atoms with Gasteiger partial charge in [0.1, 0.15) is 17.9 Å². The van der Waals surface area contributed by atoms with E-state index in [-0.39, 0.29) is 5.92 Å². The van der Waals surface area contributed by atoms with Crippen LogP contribution in [0.2, 0.25) is 0 Å². The zero-order valence-corrected chi connectivity index (χ0v) is 21.2. The number of para-hydroxylation sites is 1. The van der Waals surface area contributed by atoms with Gasteiger partial charge in [-0.1, -0.05) is 68.5 Å². The molecule has 0 spiro atoms. The number of benzene rings is 2. The maximum atomic E-state index is 11.9. The average molecular weight is 487 g/mol. The van der Waals surface area contributed by atoms with Crippen LogP contribution in [0.3, 0.4) is 0 Å². The second-order valence-corrected chi connectivity index (χ2v) is 9.36. The number of pyridine rings is 1. The van der Waals surface area contributed by atoms with Crippen molar-refractivity contribution < 1.29 is 9.53 Å². The first-order valence-electron chi connectivity index (χ1n) is 12.2. The van der Waals surface area contributed by atoms with E-state index in [1.807, 2.05) is 37.3 Å². The molecule has 4 rings (SSSR count). The molecule has 36 heavy (non-hydrogen) atoms. The van der Waals surface area contributed by atoms with E-state index in [1.165, 1.54) is 0 Å². The van der Waals surface area contributed by atoms with Gasteiger partial charge in [-0.2, -0.15) is 0 Å². The Labute approximate surface area is 211 Å². The van der Waals surface area contributed by atoms with Gasteiger partial charge in [0.2, 0.25) is 0 Å². The predicted molar refractivity (Wildman–Crippen MR) is 145 cm³/mol. The Morgan fingerprint density at radius 3 is 2.56 bits per heavy atom. The molecule has 0 bridgehead atoms. The number of nitrogens with two attached hydrogens (primary N) is 1. The lowest BCUT2D eigenvalue weighted by molar-refractivity contribution is 0.146. The highest BCUT2D eigenvalue weighted by molar-refractivity contribution is 6.06. The molecule has 0 aliphatic heterocycles. The molecule has 8 heteroatoms. The maximum absolute atomic E-state index is 11.9. The number of ether oxygens (including phenoxy) is 1. The number of alkyl carbamates (subject to hydrolysis) is 1. The molecule has 0 unspecified atom stereocenters. The number of hydrogen-bond acceptors (Lipinski definition) is 6. The number of anilines is 1. The molecule has 4 N–H and O–H groups in total. The summed E-state index contributed by atoms with van der Waals surface area (Å²) in [5.41, 5.74) is 12.1. The second kappa shape index (κ2) is 11.2. The molecule has 8 nitrogen and oxygen atoms in total. The maximum Gasteiger partial charge on any atom is 0.407 e. The van der Waals surface area contributed by atoms with Crippen LogP contribution in [0.4, 0.5) is 10.6 Å². The molecule has 2 aromatic heterocycles. The molecule has 2 aromatic carbocycles. The van der Waals surface area contributed by atoms with Crippen LogP contribution in [-0.2, 0) is 17.8 Å². The normalized spacial score (nSPS) is 11.3. The van der Waals surface area contributed by atoms with E-state index in [9.17, 15) is 4.79 Å². The number of imidazole rings is 1. The molecule has 188 valence electrons. The Hall–Kier alpha value is -3.91. The van der Waals surface area contributed by atoms with E-state index in [4.69, 9.17) is 15.5 Å². The lowest BCUT2D eigenvalue weighted by atomic mass is 10.1. The van der Waals surface area contributed by atoms with Gasteiger partial charge in [-0.25, -0.2) is 14.8 Å². The standard InChI is InChI=1S/C28H34N6O2/c1-18(2)15-30-13-14-36-28(35)31-16-20-9-11-21(12-10-20)17-34-25-22-7-5-6-8-23(22)32-26(29)24(25)33-27(34)19(3)4/h5-12,19,30H,1,13-17H2,2-4H3,(H2,29,32)(H,31,35). The third-order valence-corrected chi connectivity index (χ3v) is 5.90. The first kappa shape index (κ1) is 25.2. The van der Waals surface area contributed by atoms with Crippen LogP contribution in [0.25, 0.3) is 21.9 Å². The van der Waals surface area contributed by atoms with Crippen LogP contribution in [0.15, 0.2) is 60.7 Å². The monoisotopic (exact) mass is 486 g/mol. The predicted octanol–water partition coefficient (Wildman–Crippen LogP) is 4.73. The molecule has 2 heterocycles. The summed E-state index contributed by atoms with van der Waals surface area (Å²) in [6.07, 6.45) is -0.430. The van der Waals surface area contributed by atoms with Crippen molar-refractivity contribution in [2.75, 3.05) is 25.4 Å². The number of amides is 1. The molecule has 1 amide bonds. The summed E-state index contributed by atoms with van der Waals surface area (Å²) in [7, 11) is 0. The molecule has 0 atom stereocenters. The molecule has 0 radical (unpaired) electrons. The summed E-state index contributed by atoms with van der Waals surface area (Å²) in [5.74, 6) is 1.64. The highest BCUT2D eigenvalue weighted by Gasteiger charge is 2.19. The summed E-state index contributed by atoms with van der Waals surface area (Å²) in [4.78, 5) is 21.4. The van der Waals surface area contributed by atoms with E-state index >= 15 is 0 Å². The molecule has 0 saturated carbocycles. The summed E-state index contributed by atoms with van der Waals surface area (Å²) in [6, 6.07) is 16.2. The van der Waals surface area contributed by atoms with E-state index in [0.717, 1.165) is 44.5 Å². The van der Waals surface area contributed by atoms with Gasteiger partial charge in [-0.15, -0.1) is 0 Å². The minimum absolute atomic E-state index is 0.223. The molecular formula is C28H34N6O2. The molecular weight excluding hydrogens is 452 g/mol. The van der Waals surface area contributed by atoms with E-state index in [0.29, 0.717) is 38.6 Å². The van der Waals surface area contributed by atoms with Crippen molar-refractivity contribution in [2.24, 2.45) is 0 Å². The van der Waals surface area contributed by atoms with E-state index in [2.05, 4.69) is 58.8 Å². The van der Waals surface area contributed by atoms with E-state index in [1.54, 1.807) is 0 Å². The number of hydrogen-bond donors (Lipinski definition) is 3. The van der Waals surface area contributed by atoms with Crippen molar-refractivity contribution in [2.45, 2.75) is 39.8 Å². The SMILES string of the molecule is C=C(C)CNCCOC(=O)NCc1ccc(Cn2c(C(C)C)nc3c(N)nc4ccccc4c32)cc1. The lowest BCUT2D eigenvalue weighted by Gasteiger charge is -2.13. The van der Waals surface area contributed by atoms with Gasteiger partial charge in [0.15, 0.2) is 5.82 Å². The van der Waals surface area contributed by atoms with Crippen molar-refractivity contribution >= 4 is 33.8 Å². The number of fused-ring (bicyclic) bond motifs is 3. The third-order valence-electron chi connectivity index (χ3n) is 5.90. The van der Waals surface area contributed by atoms with Gasteiger partial charge in [-0.05, 0) is 24.1 Å². The first-order valence-corrected chi connectivity index (χ1v) is 12.2. The van der Waals surface area contributed by atoms with Crippen LogP contribution in [0.1, 0.15) is 43.6 Å². The average Bonchev–Trinajstić information content (AvgIpc) is 3.24. The topological polar surface area (TPSA) is 107 Å². The van der Waals surface area contributed by atoms with Crippen molar-refractivity contribution in [1.82, 2.24) is 25.2 Å². The number of carbonyl (C=O) groups excluding carboxylic acids is 1. The number of aromatic nitrogens is 3. The highest BCUT2D eigenvalue weighted by atomic mass is 16.5. The van der Waals surface area contributed by atoms with E-state index < -0.39 is 6.09 Å². The van der Waals surface area contributed by atoms with Crippen LogP contribution >= 0.6 is 0 Å². The molecule has 0 aliphatic rings. The minimum Gasteiger partial charge on any atom is -0.448 e. The Bertz CT molecular complexity index is 1370. The number of nitrogens with zero attached hydrogens (tertiary/aromatic N) is 3. The van der Waals surface area contributed by atoms with Crippen LogP contribution in [0, 0.1) is 0 Å². The summed E-state index contributed by atoms with van der Waals surface area (Å²) in [5, 5.41) is 6.98. The number of nitrogen functional groups attached to an aromatic ring is 1. The van der Waals surface area contributed by atoms with Crippen molar-refractivity contribution in [3.8, 4) is 0 Å².